The van der Waals surface area contributed by atoms with E-state index in [2.05, 4.69) is 10.2 Å². The number of likely N-dealkylation sites (N-methyl/N-ethyl adjacent to an activating group) is 1. The Morgan fingerprint density at radius 3 is 2.14 bits per heavy atom. The second-order valence-electron chi connectivity index (χ2n) is 10.8. The molecule has 1 aliphatic rings. The van der Waals surface area contributed by atoms with Gasteiger partial charge in [-0.15, -0.1) is 0 Å². The smallest absolute Gasteiger partial charge is 0.255 e. The number of aliphatic hydroxyl groups is 2. The van der Waals surface area contributed by atoms with Crippen molar-refractivity contribution in [1.29, 1.82) is 0 Å². The third-order valence-electron chi connectivity index (χ3n) is 7.88. The summed E-state index contributed by atoms with van der Waals surface area (Å²) in [6.07, 6.45) is -1.00. The van der Waals surface area contributed by atoms with Gasteiger partial charge in [0.15, 0.2) is 6.29 Å². The molecule has 0 spiro atoms. The molecule has 7 nitrogen and oxygen atoms in total. The molecule has 0 radical (unpaired) electrons. The molecule has 0 aromatic heterocycles. The summed E-state index contributed by atoms with van der Waals surface area (Å²) in [4.78, 5) is 14.7. The highest BCUT2D eigenvalue weighted by Crippen LogP contribution is 2.38. The Kier molecular flexibility index (Phi) is 9.79. The van der Waals surface area contributed by atoms with E-state index in [1.807, 2.05) is 111 Å². The quantitative estimate of drug-likeness (QED) is 0.217. The molecule has 1 amide bonds. The fourth-order valence-corrected chi connectivity index (χ4v) is 5.21. The highest BCUT2D eigenvalue weighted by Gasteiger charge is 2.34. The number of ether oxygens (including phenoxy) is 2. The van der Waals surface area contributed by atoms with Crippen LogP contribution in [-0.2, 0) is 16.1 Å². The third-order valence-corrected chi connectivity index (χ3v) is 7.88. The number of amides is 1. The Hall–Kier alpha value is -3.85. The average molecular weight is 567 g/mol. The first-order valence-electron chi connectivity index (χ1n) is 14.3. The maximum absolute atomic E-state index is 12.6. The van der Waals surface area contributed by atoms with E-state index in [1.165, 1.54) is 0 Å². The molecule has 1 saturated heterocycles. The topological polar surface area (TPSA) is 91.3 Å². The summed E-state index contributed by atoms with van der Waals surface area (Å²) in [6.45, 7) is 2.60. The van der Waals surface area contributed by atoms with Gasteiger partial charge in [-0.05, 0) is 54.9 Å². The van der Waals surface area contributed by atoms with Gasteiger partial charge in [0.05, 0.1) is 24.9 Å². The number of nitrogens with zero attached hydrogens (tertiary/aromatic N) is 1. The minimum Gasteiger partial charge on any atom is -0.392 e. The fraction of sp³-hybridized carbons (Fsp3) is 0.286. The van der Waals surface area contributed by atoms with Crippen molar-refractivity contribution in [3.8, 4) is 0 Å². The van der Waals surface area contributed by atoms with Crippen molar-refractivity contribution in [3.63, 3.8) is 0 Å². The summed E-state index contributed by atoms with van der Waals surface area (Å²) in [7, 11) is 2.00. The summed E-state index contributed by atoms with van der Waals surface area (Å²) < 4.78 is 13.0. The second kappa shape index (κ2) is 13.9. The number of rotatable bonds is 10. The molecule has 0 unspecified atom stereocenters. The Balaban J connectivity index is 1.31. The molecule has 5 atom stereocenters. The van der Waals surface area contributed by atoms with Crippen molar-refractivity contribution in [3.05, 3.63) is 137 Å². The minimum atomic E-state index is -0.632. The minimum absolute atomic E-state index is 0.0141. The Bertz CT molecular complexity index is 1410. The Morgan fingerprint density at radius 2 is 1.50 bits per heavy atom. The lowest BCUT2D eigenvalue weighted by atomic mass is 9.98. The Labute approximate surface area is 247 Å². The van der Waals surface area contributed by atoms with Crippen molar-refractivity contribution in [2.45, 2.75) is 50.6 Å². The zero-order valence-corrected chi connectivity index (χ0v) is 24.0. The lowest BCUT2D eigenvalue weighted by Crippen LogP contribution is -2.43. The van der Waals surface area contributed by atoms with Gasteiger partial charge in [0, 0.05) is 35.8 Å². The summed E-state index contributed by atoms with van der Waals surface area (Å²) in [6, 6.07) is 34.0. The van der Waals surface area contributed by atoms with E-state index in [4.69, 9.17) is 9.47 Å². The van der Waals surface area contributed by atoms with Crippen molar-refractivity contribution in [1.82, 2.24) is 4.90 Å². The van der Waals surface area contributed by atoms with Crippen LogP contribution in [0.15, 0.2) is 109 Å². The maximum atomic E-state index is 12.6. The van der Waals surface area contributed by atoms with Crippen molar-refractivity contribution < 1.29 is 24.5 Å². The normalized spacial score (nSPS) is 20.2. The van der Waals surface area contributed by atoms with Crippen LogP contribution in [0.3, 0.4) is 0 Å². The van der Waals surface area contributed by atoms with Gasteiger partial charge in [0.1, 0.15) is 0 Å². The van der Waals surface area contributed by atoms with Crippen LogP contribution in [0, 0.1) is 0 Å². The van der Waals surface area contributed by atoms with Crippen LogP contribution in [0.1, 0.15) is 64.5 Å². The van der Waals surface area contributed by atoms with Crippen LogP contribution in [0.4, 0.5) is 5.69 Å². The van der Waals surface area contributed by atoms with Gasteiger partial charge in [-0.1, -0.05) is 84.9 Å². The molecule has 4 aromatic carbocycles. The molecule has 1 fully saturated rings. The van der Waals surface area contributed by atoms with Gasteiger partial charge >= 0.3 is 0 Å². The molecule has 1 heterocycles. The predicted molar refractivity (Wildman–Crippen MR) is 163 cm³/mol. The summed E-state index contributed by atoms with van der Waals surface area (Å²) in [5.74, 6) is -0.171. The number of anilines is 1. The van der Waals surface area contributed by atoms with Gasteiger partial charge < -0.3 is 25.0 Å². The van der Waals surface area contributed by atoms with Gasteiger partial charge in [-0.2, -0.15) is 0 Å². The van der Waals surface area contributed by atoms with E-state index in [-0.39, 0.29) is 30.8 Å². The molecule has 7 heteroatoms. The number of hydrogen-bond acceptors (Lipinski definition) is 6. The van der Waals surface area contributed by atoms with Crippen LogP contribution in [0.2, 0.25) is 0 Å². The lowest BCUT2D eigenvalue weighted by Gasteiger charge is -2.39. The molecule has 42 heavy (non-hydrogen) atoms. The summed E-state index contributed by atoms with van der Waals surface area (Å²) in [5, 5.41) is 23.4. The molecule has 3 N–H and O–H groups in total. The highest BCUT2D eigenvalue weighted by molar-refractivity contribution is 6.04. The van der Waals surface area contributed by atoms with Crippen LogP contribution in [-0.4, -0.2) is 46.8 Å². The van der Waals surface area contributed by atoms with E-state index in [0.717, 1.165) is 22.3 Å². The monoisotopic (exact) mass is 566 g/mol. The molecule has 1 aliphatic heterocycles. The number of carbonyl (C=O) groups is 1. The summed E-state index contributed by atoms with van der Waals surface area (Å²) >= 11 is 0. The SMILES string of the molecule is C[C@@H]([C@H](O)c1ccccc1)N(C)C[C@@H]1C[C@H](c2ccc(CO)cc2)O[C@H](c2ccc(NC(=O)c3ccccc3)cc2)O1. The Morgan fingerprint density at radius 1 is 0.881 bits per heavy atom. The third kappa shape index (κ3) is 7.31. The van der Waals surface area contributed by atoms with E-state index >= 15 is 0 Å². The molecular weight excluding hydrogens is 528 g/mol. The average Bonchev–Trinajstić information content (AvgIpc) is 3.05. The van der Waals surface area contributed by atoms with Crippen molar-refractivity contribution in [2.24, 2.45) is 0 Å². The molecule has 0 aliphatic carbocycles. The highest BCUT2D eigenvalue weighted by atomic mass is 16.7. The van der Waals surface area contributed by atoms with Gasteiger partial charge in [0.2, 0.25) is 0 Å². The van der Waals surface area contributed by atoms with Crippen LogP contribution in [0.5, 0.6) is 0 Å². The largest absolute Gasteiger partial charge is 0.392 e. The molecule has 5 rings (SSSR count). The first-order valence-corrected chi connectivity index (χ1v) is 14.3. The number of aliphatic hydroxyl groups excluding tert-OH is 2. The van der Waals surface area contributed by atoms with E-state index < -0.39 is 12.4 Å². The van der Waals surface area contributed by atoms with Gasteiger partial charge in [-0.25, -0.2) is 0 Å². The molecular formula is C35H38N2O5. The van der Waals surface area contributed by atoms with Crippen molar-refractivity contribution >= 4 is 11.6 Å². The standard InChI is InChI=1S/C35H38N2O5/c1-24(33(39)27-9-5-3-6-10-27)37(2)22-31-21-32(26-15-13-25(23-38)14-16-26)42-35(41-31)29-17-19-30(20-18-29)36-34(40)28-11-7-4-8-12-28/h3-20,24,31-33,35,38-39H,21-23H2,1-2H3,(H,36,40)/t24-,31-,32+,33-,35+/m0/s1. The lowest BCUT2D eigenvalue weighted by molar-refractivity contribution is -0.253. The zero-order valence-electron chi connectivity index (χ0n) is 24.0. The van der Waals surface area contributed by atoms with E-state index in [1.54, 1.807) is 12.1 Å². The van der Waals surface area contributed by atoms with Crippen LogP contribution < -0.4 is 5.32 Å². The van der Waals surface area contributed by atoms with Crippen LogP contribution in [0.25, 0.3) is 0 Å². The van der Waals surface area contributed by atoms with Gasteiger partial charge in [0.25, 0.3) is 5.91 Å². The first kappa shape index (κ1) is 29.6. The van der Waals surface area contributed by atoms with E-state index in [0.29, 0.717) is 24.2 Å². The number of benzene rings is 4. The fourth-order valence-electron chi connectivity index (χ4n) is 5.21. The predicted octanol–water partition coefficient (Wildman–Crippen LogP) is 6.03. The molecule has 0 bridgehead atoms. The number of carbonyl (C=O) groups excluding carboxylic acids is 1. The number of nitrogens with one attached hydrogen (secondary N) is 1. The zero-order chi connectivity index (χ0) is 29.5. The second-order valence-corrected chi connectivity index (χ2v) is 10.8. The van der Waals surface area contributed by atoms with Crippen LogP contribution >= 0.6 is 0 Å². The molecule has 0 saturated carbocycles. The van der Waals surface area contributed by atoms with Crippen molar-refractivity contribution in [2.75, 3.05) is 18.9 Å². The molecule has 218 valence electrons. The van der Waals surface area contributed by atoms with E-state index in [9.17, 15) is 15.0 Å². The summed E-state index contributed by atoms with van der Waals surface area (Å²) in [5.41, 5.74) is 4.85. The van der Waals surface area contributed by atoms with Gasteiger partial charge in [-0.3, -0.25) is 9.69 Å². The number of hydrogen-bond donors (Lipinski definition) is 3. The first-order chi connectivity index (χ1) is 20.4. The molecule has 4 aromatic rings. The maximum Gasteiger partial charge on any atom is 0.255 e.